The van der Waals surface area contributed by atoms with Crippen molar-refractivity contribution in [3.05, 3.63) is 23.8 Å². The average Bonchev–Trinajstić information content (AvgIpc) is 2.45. The number of nitrogens with zero attached hydrogens (tertiary/aromatic N) is 1. The molecule has 0 aromatic heterocycles. The molecule has 1 aromatic rings. The van der Waals surface area contributed by atoms with Crippen LogP contribution in [-0.4, -0.2) is 25.7 Å². The third kappa shape index (κ3) is 3.21. The van der Waals surface area contributed by atoms with E-state index >= 15 is 0 Å². The highest BCUT2D eigenvalue weighted by Gasteiger charge is 2.30. The van der Waals surface area contributed by atoms with E-state index in [0.717, 1.165) is 0 Å². The van der Waals surface area contributed by atoms with Crippen molar-refractivity contribution in [1.82, 2.24) is 5.32 Å². The van der Waals surface area contributed by atoms with Gasteiger partial charge in [-0.25, -0.2) is 0 Å². The third-order valence-corrected chi connectivity index (χ3v) is 3.41. The van der Waals surface area contributed by atoms with E-state index in [0.29, 0.717) is 17.1 Å². The number of carbonyl (C=O) groups excluding carboxylic acids is 1. The molecule has 1 amide bonds. The van der Waals surface area contributed by atoms with Crippen molar-refractivity contribution in [1.29, 1.82) is 5.26 Å². The molecular formula is C15H20N2O3. The summed E-state index contributed by atoms with van der Waals surface area (Å²) >= 11 is 0. The van der Waals surface area contributed by atoms with Crippen LogP contribution in [0, 0.1) is 17.2 Å². The molecule has 0 saturated carbocycles. The third-order valence-electron chi connectivity index (χ3n) is 3.41. The Labute approximate surface area is 119 Å². The summed E-state index contributed by atoms with van der Waals surface area (Å²) < 4.78 is 10.3. The van der Waals surface area contributed by atoms with Gasteiger partial charge in [-0.05, 0) is 31.0 Å². The van der Waals surface area contributed by atoms with Crippen molar-refractivity contribution in [2.75, 3.05) is 14.2 Å². The Kier molecular flexibility index (Phi) is 4.98. The highest BCUT2D eigenvalue weighted by Crippen LogP contribution is 2.28. The van der Waals surface area contributed by atoms with E-state index < -0.39 is 5.54 Å². The molecule has 20 heavy (non-hydrogen) atoms. The van der Waals surface area contributed by atoms with Crippen molar-refractivity contribution < 1.29 is 14.3 Å². The zero-order chi connectivity index (χ0) is 15.3. The van der Waals surface area contributed by atoms with Gasteiger partial charge in [-0.1, -0.05) is 13.8 Å². The minimum Gasteiger partial charge on any atom is -0.493 e. The zero-order valence-electron chi connectivity index (χ0n) is 12.5. The largest absolute Gasteiger partial charge is 0.493 e. The number of nitriles is 1. The molecule has 1 unspecified atom stereocenters. The summed E-state index contributed by atoms with van der Waals surface area (Å²) in [6.45, 7) is 5.48. The van der Waals surface area contributed by atoms with Gasteiger partial charge in [0.2, 0.25) is 0 Å². The molecule has 0 aliphatic heterocycles. The minimum atomic E-state index is -0.912. The summed E-state index contributed by atoms with van der Waals surface area (Å²) in [5.41, 5.74) is -0.491. The van der Waals surface area contributed by atoms with Gasteiger partial charge in [0.05, 0.1) is 20.3 Å². The van der Waals surface area contributed by atoms with Gasteiger partial charge in [0.15, 0.2) is 11.5 Å². The maximum atomic E-state index is 12.2. The lowest BCUT2D eigenvalue weighted by atomic mass is 9.89. The van der Waals surface area contributed by atoms with E-state index in [-0.39, 0.29) is 11.8 Å². The molecule has 0 aliphatic rings. The van der Waals surface area contributed by atoms with E-state index in [1.54, 1.807) is 25.1 Å². The van der Waals surface area contributed by atoms with Crippen LogP contribution >= 0.6 is 0 Å². The first-order valence-corrected chi connectivity index (χ1v) is 6.33. The molecule has 1 atom stereocenters. The number of hydrogen-bond donors (Lipinski definition) is 1. The minimum absolute atomic E-state index is 0.00315. The fourth-order valence-corrected chi connectivity index (χ4v) is 1.59. The van der Waals surface area contributed by atoms with Crippen molar-refractivity contribution >= 4 is 5.91 Å². The summed E-state index contributed by atoms with van der Waals surface area (Å²) in [5, 5.41) is 12.0. The van der Waals surface area contributed by atoms with Gasteiger partial charge >= 0.3 is 0 Å². The second-order valence-corrected chi connectivity index (χ2v) is 4.99. The van der Waals surface area contributed by atoms with Gasteiger partial charge in [-0.15, -0.1) is 0 Å². The number of rotatable bonds is 5. The van der Waals surface area contributed by atoms with Crippen molar-refractivity contribution in [2.24, 2.45) is 5.92 Å². The van der Waals surface area contributed by atoms with Crippen LogP contribution in [0.25, 0.3) is 0 Å². The smallest absolute Gasteiger partial charge is 0.252 e. The maximum Gasteiger partial charge on any atom is 0.252 e. The standard InChI is InChI=1S/C15H20N2O3/c1-10(2)15(3,9-16)17-14(18)11-6-7-12(19-4)13(8-11)20-5/h6-8,10H,1-5H3,(H,17,18). The van der Waals surface area contributed by atoms with Crippen LogP contribution in [0.2, 0.25) is 0 Å². The number of carbonyl (C=O) groups is 1. The molecule has 0 spiro atoms. The first-order chi connectivity index (χ1) is 9.37. The SMILES string of the molecule is COc1ccc(C(=O)NC(C)(C#N)C(C)C)cc1OC. The first-order valence-electron chi connectivity index (χ1n) is 6.33. The van der Waals surface area contributed by atoms with E-state index in [1.807, 2.05) is 13.8 Å². The van der Waals surface area contributed by atoms with Crippen molar-refractivity contribution in [3.63, 3.8) is 0 Å². The summed E-state index contributed by atoms with van der Waals surface area (Å²) in [6.07, 6.45) is 0. The molecule has 108 valence electrons. The van der Waals surface area contributed by atoms with Gasteiger partial charge in [-0.2, -0.15) is 5.26 Å². The van der Waals surface area contributed by atoms with Crippen LogP contribution in [0.3, 0.4) is 0 Å². The van der Waals surface area contributed by atoms with Crippen LogP contribution in [0.15, 0.2) is 18.2 Å². The van der Waals surface area contributed by atoms with Crippen molar-refractivity contribution in [2.45, 2.75) is 26.3 Å². The molecule has 1 N–H and O–H groups in total. The zero-order valence-corrected chi connectivity index (χ0v) is 12.5. The topological polar surface area (TPSA) is 71.3 Å². The van der Waals surface area contributed by atoms with Crippen LogP contribution in [0.4, 0.5) is 0 Å². The Balaban J connectivity index is 3.02. The Morgan fingerprint density at radius 3 is 2.35 bits per heavy atom. The lowest BCUT2D eigenvalue weighted by Gasteiger charge is -2.27. The van der Waals surface area contributed by atoms with E-state index in [1.165, 1.54) is 14.2 Å². The Morgan fingerprint density at radius 2 is 1.90 bits per heavy atom. The Hall–Kier alpha value is -2.22. The first kappa shape index (κ1) is 15.8. The lowest BCUT2D eigenvalue weighted by Crippen LogP contribution is -2.48. The number of hydrogen-bond acceptors (Lipinski definition) is 4. The number of nitrogens with one attached hydrogen (secondary N) is 1. The molecule has 0 heterocycles. The average molecular weight is 276 g/mol. The molecule has 0 aliphatic carbocycles. The number of methoxy groups -OCH3 is 2. The molecular weight excluding hydrogens is 256 g/mol. The summed E-state index contributed by atoms with van der Waals surface area (Å²) in [7, 11) is 3.04. The normalized spacial score (nSPS) is 13.2. The Morgan fingerprint density at radius 1 is 1.30 bits per heavy atom. The van der Waals surface area contributed by atoms with Crippen LogP contribution in [0.1, 0.15) is 31.1 Å². The number of benzene rings is 1. The quantitative estimate of drug-likeness (QED) is 0.896. The molecule has 0 bridgehead atoms. The summed E-state index contributed by atoms with van der Waals surface area (Å²) in [4.78, 5) is 12.2. The van der Waals surface area contributed by atoms with Gasteiger partial charge in [-0.3, -0.25) is 4.79 Å². The fraction of sp³-hybridized carbons (Fsp3) is 0.467. The predicted molar refractivity (Wildman–Crippen MR) is 75.9 cm³/mol. The van der Waals surface area contributed by atoms with Crippen LogP contribution < -0.4 is 14.8 Å². The predicted octanol–water partition coefficient (Wildman–Crippen LogP) is 2.37. The van der Waals surface area contributed by atoms with Gasteiger partial charge < -0.3 is 14.8 Å². The van der Waals surface area contributed by atoms with E-state index in [9.17, 15) is 10.1 Å². The molecule has 5 nitrogen and oxygen atoms in total. The van der Waals surface area contributed by atoms with Crippen molar-refractivity contribution in [3.8, 4) is 17.6 Å². The summed E-state index contributed by atoms with van der Waals surface area (Å²) in [5.74, 6) is 0.708. The fourth-order valence-electron chi connectivity index (χ4n) is 1.59. The summed E-state index contributed by atoms with van der Waals surface area (Å²) in [6, 6.07) is 7.02. The lowest BCUT2D eigenvalue weighted by molar-refractivity contribution is 0.0907. The highest BCUT2D eigenvalue weighted by molar-refractivity contribution is 5.95. The second kappa shape index (κ2) is 6.29. The van der Waals surface area contributed by atoms with Gasteiger partial charge in [0.25, 0.3) is 5.91 Å². The van der Waals surface area contributed by atoms with E-state index in [2.05, 4.69) is 11.4 Å². The maximum absolute atomic E-state index is 12.2. The van der Waals surface area contributed by atoms with E-state index in [4.69, 9.17) is 9.47 Å². The van der Waals surface area contributed by atoms with Gasteiger partial charge in [0, 0.05) is 5.56 Å². The Bertz CT molecular complexity index is 534. The monoisotopic (exact) mass is 276 g/mol. The molecule has 1 aromatic carbocycles. The second-order valence-electron chi connectivity index (χ2n) is 4.99. The van der Waals surface area contributed by atoms with Crippen LogP contribution in [0.5, 0.6) is 11.5 Å². The molecule has 0 saturated heterocycles. The molecule has 5 heteroatoms. The molecule has 0 radical (unpaired) electrons. The van der Waals surface area contributed by atoms with Gasteiger partial charge in [0.1, 0.15) is 5.54 Å². The molecule has 1 rings (SSSR count). The molecule has 0 fully saturated rings. The number of amides is 1. The van der Waals surface area contributed by atoms with Crippen LogP contribution in [-0.2, 0) is 0 Å². The highest BCUT2D eigenvalue weighted by atomic mass is 16.5. The number of ether oxygens (including phenoxy) is 2.